The van der Waals surface area contributed by atoms with E-state index in [4.69, 9.17) is 11.1 Å². The minimum atomic E-state index is 0.0360. The number of nitrogen functional groups attached to an aromatic ring is 1. The summed E-state index contributed by atoms with van der Waals surface area (Å²) in [4.78, 5) is 6.23. The lowest BCUT2D eigenvalue weighted by atomic mass is 10.2. The molecule has 0 unspecified atom stereocenters. The van der Waals surface area contributed by atoms with Crippen molar-refractivity contribution in [3.8, 4) is 0 Å². The molecule has 0 saturated heterocycles. The summed E-state index contributed by atoms with van der Waals surface area (Å²) in [6.45, 7) is 0. The highest BCUT2D eigenvalue weighted by atomic mass is 15.3. The molecule has 0 fully saturated rings. The van der Waals surface area contributed by atoms with Crippen molar-refractivity contribution in [2.24, 2.45) is 5.73 Å². The van der Waals surface area contributed by atoms with Crippen LogP contribution < -0.4 is 10.6 Å². The van der Waals surface area contributed by atoms with Gasteiger partial charge < -0.3 is 10.6 Å². The Morgan fingerprint density at radius 1 is 1.40 bits per heavy atom. The summed E-state index contributed by atoms with van der Waals surface area (Å²) in [6, 6.07) is 7.41. The van der Waals surface area contributed by atoms with E-state index in [9.17, 15) is 0 Å². The molecule has 0 aliphatic rings. The van der Waals surface area contributed by atoms with Gasteiger partial charge in [0.15, 0.2) is 5.82 Å². The van der Waals surface area contributed by atoms with E-state index in [0.717, 1.165) is 5.69 Å². The Labute approximate surface area is 115 Å². The Morgan fingerprint density at radius 2 is 2.25 bits per heavy atom. The molecule has 3 rings (SSSR count). The zero-order valence-corrected chi connectivity index (χ0v) is 10.9. The smallest absolute Gasteiger partial charge is 0.204 e. The van der Waals surface area contributed by atoms with Crippen LogP contribution in [0.3, 0.4) is 0 Å². The van der Waals surface area contributed by atoms with Crippen molar-refractivity contribution < 1.29 is 0 Å². The average molecular weight is 267 g/mol. The summed E-state index contributed by atoms with van der Waals surface area (Å²) in [5.41, 5.74) is 7.73. The second-order valence-corrected chi connectivity index (χ2v) is 4.34. The quantitative estimate of drug-likeness (QED) is 0.548. The molecule has 2 heterocycles. The van der Waals surface area contributed by atoms with Gasteiger partial charge in [0.25, 0.3) is 0 Å². The average Bonchev–Trinajstić information content (AvgIpc) is 2.95. The Hall–Kier alpha value is -2.96. The van der Waals surface area contributed by atoms with Gasteiger partial charge in [0, 0.05) is 30.7 Å². The first kappa shape index (κ1) is 12.1. The topological polar surface area (TPSA) is 96.2 Å². The van der Waals surface area contributed by atoms with E-state index in [-0.39, 0.29) is 5.84 Å². The second-order valence-electron chi connectivity index (χ2n) is 4.34. The lowest BCUT2D eigenvalue weighted by Crippen LogP contribution is -2.15. The summed E-state index contributed by atoms with van der Waals surface area (Å²) < 4.78 is 1.80. The van der Waals surface area contributed by atoms with Crippen LogP contribution in [0, 0.1) is 5.41 Å². The van der Waals surface area contributed by atoms with E-state index in [1.54, 1.807) is 29.2 Å². The lowest BCUT2D eigenvalue weighted by Gasteiger charge is -2.19. The molecule has 0 radical (unpaired) electrons. The van der Waals surface area contributed by atoms with E-state index >= 15 is 0 Å². The molecule has 0 saturated carbocycles. The number of hydrogen-bond donors (Lipinski definition) is 2. The zero-order valence-electron chi connectivity index (χ0n) is 10.9. The summed E-state index contributed by atoms with van der Waals surface area (Å²) in [7, 11) is 1.89. The molecule has 20 heavy (non-hydrogen) atoms. The largest absolute Gasteiger partial charge is 0.384 e. The molecule has 0 amide bonds. The Bertz CT molecular complexity index is 777. The lowest BCUT2D eigenvalue weighted by molar-refractivity contribution is 1.06. The third-order valence-corrected chi connectivity index (χ3v) is 3.06. The van der Waals surface area contributed by atoms with Gasteiger partial charge in [-0.25, -0.2) is 4.98 Å². The zero-order chi connectivity index (χ0) is 14.1. The van der Waals surface area contributed by atoms with Crippen LogP contribution in [-0.2, 0) is 0 Å². The molecular weight excluding hydrogens is 254 g/mol. The number of nitrogens with two attached hydrogens (primary N) is 1. The van der Waals surface area contributed by atoms with Gasteiger partial charge in [0.2, 0.25) is 5.65 Å². The van der Waals surface area contributed by atoms with Crippen LogP contribution in [-0.4, -0.2) is 32.5 Å². The molecule has 3 aromatic rings. The Kier molecular flexibility index (Phi) is 2.79. The van der Waals surface area contributed by atoms with Gasteiger partial charge in [-0.15, -0.1) is 10.2 Å². The van der Waals surface area contributed by atoms with Crippen molar-refractivity contribution in [2.45, 2.75) is 0 Å². The number of amidine groups is 1. The minimum absolute atomic E-state index is 0.0360. The van der Waals surface area contributed by atoms with Gasteiger partial charge in [-0.05, 0) is 12.1 Å². The van der Waals surface area contributed by atoms with Gasteiger partial charge in [0.1, 0.15) is 12.2 Å². The van der Waals surface area contributed by atoms with Gasteiger partial charge in [-0.2, -0.15) is 0 Å². The van der Waals surface area contributed by atoms with E-state index in [2.05, 4.69) is 15.2 Å². The van der Waals surface area contributed by atoms with Gasteiger partial charge >= 0.3 is 0 Å². The number of hydrogen-bond acceptors (Lipinski definition) is 5. The van der Waals surface area contributed by atoms with E-state index < -0.39 is 0 Å². The predicted molar refractivity (Wildman–Crippen MR) is 76.3 cm³/mol. The molecular formula is C13H13N7. The third-order valence-electron chi connectivity index (χ3n) is 3.06. The summed E-state index contributed by atoms with van der Waals surface area (Å²) in [6.07, 6.45) is 5.11. The number of fused-ring (bicyclic) bond motifs is 1. The highest BCUT2D eigenvalue weighted by molar-refractivity contribution is 5.96. The maximum atomic E-state index is 7.50. The van der Waals surface area contributed by atoms with Crippen molar-refractivity contribution in [3.63, 3.8) is 0 Å². The van der Waals surface area contributed by atoms with Crippen molar-refractivity contribution in [1.82, 2.24) is 19.6 Å². The fraction of sp³-hybridized carbons (Fsp3) is 0.0769. The van der Waals surface area contributed by atoms with Crippen molar-refractivity contribution in [1.29, 1.82) is 5.41 Å². The summed E-state index contributed by atoms with van der Waals surface area (Å²) in [5.74, 6) is 0.722. The van der Waals surface area contributed by atoms with Crippen LogP contribution in [0.1, 0.15) is 5.56 Å². The number of nitrogens with one attached hydrogen (secondary N) is 1. The standard InChI is InChI=1S/C13H13N7/c1-19(10-4-2-3-9(7-10)11(14)15)12-13-18-17-8-20(13)6-5-16-12/h2-8H,1H3,(H3,14,15). The van der Waals surface area contributed by atoms with Crippen LogP contribution in [0.25, 0.3) is 5.65 Å². The molecule has 1 aromatic carbocycles. The first-order valence-electron chi connectivity index (χ1n) is 5.99. The van der Waals surface area contributed by atoms with Gasteiger partial charge in [0.05, 0.1) is 0 Å². The number of rotatable bonds is 3. The Balaban J connectivity index is 2.08. The molecule has 2 aromatic heterocycles. The summed E-state index contributed by atoms with van der Waals surface area (Å²) in [5, 5.41) is 15.4. The normalized spacial score (nSPS) is 10.7. The summed E-state index contributed by atoms with van der Waals surface area (Å²) >= 11 is 0. The molecule has 3 N–H and O–H groups in total. The van der Waals surface area contributed by atoms with E-state index in [1.807, 2.05) is 30.1 Å². The fourth-order valence-electron chi connectivity index (χ4n) is 1.99. The minimum Gasteiger partial charge on any atom is -0.384 e. The van der Waals surface area contributed by atoms with Crippen molar-refractivity contribution in [2.75, 3.05) is 11.9 Å². The van der Waals surface area contributed by atoms with Crippen molar-refractivity contribution in [3.05, 3.63) is 48.5 Å². The Morgan fingerprint density at radius 3 is 3.05 bits per heavy atom. The molecule has 0 aliphatic heterocycles. The van der Waals surface area contributed by atoms with Gasteiger partial charge in [-0.1, -0.05) is 12.1 Å². The van der Waals surface area contributed by atoms with Crippen LogP contribution in [0.15, 0.2) is 43.0 Å². The highest BCUT2D eigenvalue weighted by Gasteiger charge is 2.12. The monoisotopic (exact) mass is 267 g/mol. The van der Waals surface area contributed by atoms with Crippen LogP contribution in [0.5, 0.6) is 0 Å². The van der Waals surface area contributed by atoms with Crippen LogP contribution in [0.2, 0.25) is 0 Å². The van der Waals surface area contributed by atoms with Gasteiger partial charge in [-0.3, -0.25) is 9.81 Å². The molecule has 0 spiro atoms. The van der Waals surface area contributed by atoms with E-state index in [0.29, 0.717) is 17.0 Å². The number of benzene rings is 1. The second kappa shape index (κ2) is 4.61. The van der Waals surface area contributed by atoms with Crippen LogP contribution >= 0.6 is 0 Å². The maximum absolute atomic E-state index is 7.50. The fourth-order valence-corrected chi connectivity index (χ4v) is 1.99. The highest BCUT2D eigenvalue weighted by Crippen LogP contribution is 2.24. The molecule has 100 valence electrons. The van der Waals surface area contributed by atoms with E-state index in [1.165, 1.54) is 0 Å². The molecule has 0 atom stereocenters. The first-order valence-corrected chi connectivity index (χ1v) is 5.99. The number of nitrogens with zero attached hydrogens (tertiary/aromatic N) is 5. The molecule has 7 nitrogen and oxygen atoms in total. The third kappa shape index (κ3) is 1.95. The molecule has 0 bridgehead atoms. The van der Waals surface area contributed by atoms with Crippen LogP contribution in [0.4, 0.5) is 11.5 Å². The number of aromatic nitrogens is 4. The SMILES string of the molecule is CN(c1cccc(C(=N)N)c1)c1nccn2cnnc12. The first-order chi connectivity index (χ1) is 9.66. The predicted octanol–water partition coefficient (Wildman–Crippen LogP) is 1.18. The maximum Gasteiger partial charge on any atom is 0.204 e. The molecule has 0 aliphatic carbocycles. The molecule has 7 heteroatoms. The number of anilines is 2. The van der Waals surface area contributed by atoms with Crippen molar-refractivity contribution >= 4 is 23.0 Å².